The van der Waals surface area contributed by atoms with Gasteiger partial charge in [-0.25, -0.2) is 0 Å². The maximum Gasteiger partial charge on any atom is 0.282 e. The predicted molar refractivity (Wildman–Crippen MR) is 78.7 cm³/mol. The molecule has 2 N–H and O–H groups in total. The maximum atomic E-state index is 12.9. The van der Waals surface area contributed by atoms with Crippen molar-refractivity contribution in [2.75, 3.05) is 19.6 Å². The van der Waals surface area contributed by atoms with Crippen molar-refractivity contribution in [2.24, 2.45) is 5.73 Å². The highest BCUT2D eigenvalue weighted by atomic mass is 32.2. The highest BCUT2D eigenvalue weighted by Gasteiger charge is 2.39. The van der Waals surface area contributed by atoms with Crippen molar-refractivity contribution in [2.45, 2.75) is 57.8 Å². The standard InChI is InChI=1S/C13H25N3O4S/c1-10-7-15(8-11(2)20-10)21(18,19)16(9-13(14)17)12-5-3-4-6-12/h10-12H,3-9H2,1-2H3,(H2,14,17)/t10-,11+. The van der Waals surface area contributed by atoms with Gasteiger partial charge in [-0.15, -0.1) is 0 Å². The van der Waals surface area contributed by atoms with Gasteiger partial charge in [0, 0.05) is 19.1 Å². The van der Waals surface area contributed by atoms with Crippen LogP contribution in [0.4, 0.5) is 0 Å². The molecule has 1 aliphatic heterocycles. The van der Waals surface area contributed by atoms with Gasteiger partial charge >= 0.3 is 0 Å². The number of nitrogens with two attached hydrogens (primary N) is 1. The van der Waals surface area contributed by atoms with Gasteiger partial charge in [0.25, 0.3) is 10.2 Å². The molecule has 1 amide bonds. The van der Waals surface area contributed by atoms with Crippen LogP contribution < -0.4 is 5.73 Å². The molecule has 2 fully saturated rings. The van der Waals surface area contributed by atoms with Gasteiger partial charge in [-0.1, -0.05) is 12.8 Å². The Balaban J connectivity index is 2.21. The van der Waals surface area contributed by atoms with Crippen LogP contribution in [-0.2, 0) is 19.7 Å². The highest BCUT2D eigenvalue weighted by Crippen LogP contribution is 2.28. The Morgan fingerprint density at radius 1 is 1.24 bits per heavy atom. The fourth-order valence-corrected chi connectivity index (χ4v) is 5.18. The van der Waals surface area contributed by atoms with Crippen LogP contribution in [0.3, 0.4) is 0 Å². The van der Waals surface area contributed by atoms with E-state index in [1.54, 1.807) is 0 Å². The summed E-state index contributed by atoms with van der Waals surface area (Å²) in [7, 11) is -3.68. The van der Waals surface area contributed by atoms with Crippen molar-refractivity contribution in [3.8, 4) is 0 Å². The molecule has 1 heterocycles. The molecule has 122 valence electrons. The van der Waals surface area contributed by atoms with Crippen LogP contribution in [-0.4, -0.2) is 60.8 Å². The van der Waals surface area contributed by atoms with E-state index in [0.717, 1.165) is 25.7 Å². The molecule has 0 spiro atoms. The van der Waals surface area contributed by atoms with Crippen LogP contribution in [0.25, 0.3) is 0 Å². The second-order valence-electron chi connectivity index (χ2n) is 6.03. The first-order valence-electron chi connectivity index (χ1n) is 7.51. The van der Waals surface area contributed by atoms with Crippen molar-refractivity contribution in [1.82, 2.24) is 8.61 Å². The van der Waals surface area contributed by atoms with E-state index in [9.17, 15) is 13.2 Å². The lowest BCUT2D eigenvalue weighted by molar-refractivity contribution is -0.118. The van der Waals surface area contributed by atoms with Crippen molar-refractivity contribution in [1.29, 1.82) is 0 Å². The zero-order chi connectivity index (χ0) is 15.6. The Morgan fingerprint density at radius 3 is 2.24 bits per heavy atom. The van der Waals surface area contributed by atoms with Gasteiger partial charge in [-0.05, 0) is 26.7 Å². The minimum Gasteiger partial charge on any atom is -0.373 e. The van der Waals surface area contributed by atoms with Crippen molar-refractivity contribution in [3.63, 3.8) is 0 Å². The molecule has 2 rings (SSSR count). The Kier molecular flexibility index (Phi) is 5.24. The summed E-state index contributed by atoms with van der Waals surface area (Å²) in [6.45, 7) is 4.09. The van der Waals surface area contributed by atoms with Gasteiger partial charge in [-0.2, -0.15) is 17.0 Å². The Bertz CT molecular complexity index is 466. The second-order valence-corrected chi connectivity index (χ2v) is 7.91. The molecule has 8 heteroatoms. The fraction of sp³-hybridized carbons (Fsp3) is 0.923. The molecule has 7 nitrogen and oxygen atoms in total. The number of carbonyl (C=O) groups excluding carboxylic acids is 1. The Labute approximate surface area is 126 Å². The van der Waals surface area contributed by atoms with E-state index in [2.05, 4.69) is 0 Å². The number of primary amides is 1. The van der Waals surface area contributed by atoms with Crippen molar-refractivity contribution >= 4 is 16.1 Å². The SMILES string of the molecule is C[C@@H]1CN(S(=O)(=O)N(CC(N)=O)C2CCCC2)C[C@H](C)O1. The van der Waals surface area contributed by atoms with Gasteiger partial charge in [0.2, 0.25) is 5.91 Å². The van der Waals surface area contributed by atoms with Crippen LogP contribution in [0, 0.1) is 0 Å². The van der Waals surface area contributed by atoms with Crippen LogP contribution in [0.15, 0.2) is 0 Å². The first-order chi connectivity index (χ1) is 9.80. The summed E-state index contributed by atoms with van der Waals surface area (Å²) >= 11 is 0. The van der Waals surface area contributed by atoms with Crippen LogP contribution >= 0.6 is 0 Å². The first-order valence-corrected chi connectivity index (χ1v) is 8.91. The molecule has 2 aliphatic rings. The van der Waals surface area contributed by atoms with Gasteiger partial charge in [0.15, 0.2) is 0 Å². The zero-order valence-electron chi connectivity index (χ0n) is 12.7. The number of hydrogen-bond acceptors (Lipinski definition) is 4. The number of nitrogens with zero attached hydrogens (tertiary/aromatic N) is 2. The third-order valence-electron chi connectivity index (χ3n) is 4.05. The number of hydrogen-bond donors (Lipinski definition) is 1. The molecular formula is C13H25N3O4S. The first kappa shape index (κ1) is 16.7. The molecular weight excluding hydrogens is 294 g/mol. The van der Waals surface area contributed by atoms with E-state index in [4.69, 9.17) is 10.5 Å². The van der Waals surface area contributed by atoms with Crippen LogP contribution in [0.1, 0.15) is 39.5 Å². The highest BCUT2D eigenvalue weighted by molar-refractivity contribution is 7.86. The summed E-state index contributed by atoms with van der Waals surface area (Å²) in [5, 5.41) is 0. The largest absolute Gasteiger partial charge is 0.373 e. The van der Waals surface area contributed by atoms with E-state index < -0.39 is 16.1 Å². The number of carbonyl (C=O) groups is 1. The molecule has 2 atom stereocenters. The van der Waals surface area contributed by atoms with Crippen molar-refractivity contribution in [3.05, 3.63) is 0 Å². The molecule has 0 unspecified atom stereocenters. The maximum absolute atomic E-state index is 12.9. The third-order valence-corrected chi connectivity index (χ3v) is 6.02. The molecule has 1 saturated heterocycles. The summed E-state index contributed by atoms with van der Waals surface area (Å²) in [6, 6.07) is -0.115. The van der Waals surface area contributed by atoms with Crippen LogP contribution in [0.2, 0.25) is 0 Å². The van der Waals surface area contributed by atoms with Crippen molar-refractivity contribution < 1.29 is 17.9 Å². The minimum absolute atomic E-state index is 0.115. The van der Waals surface area contributed by atoms with E-state index in [1.807, 2.05) is 13.8 Å². The quantitative estimate of drug-likeness (QED) is 0.776. The topological polar surface area (TPSA) is 92.9 Å². The molecule has 0 aromatic rings. The van der Waals surface area contributed by atoms with Gasteiger partial charge < -0.3 is 10.5 Å². The molecule has 1 aliphatic carbocycles. The lowest BCUT2D eigenvalue weighted by Gasteiger charge is -2.38. The molecule has 0 aromatic heterocycles. The molecule has 0 aromatic carbocycles. The van der Waals surface area contributed by atoms with E-state index in [-0.39, 0.29) is 24.8 Å². The fourth-order valence-electron chi connectivity index (χ4n) is 3.21. The summed E-state index contributed by atoms with van der Waals surface area (Å²) in [6.07, 6.45) is 3.27. The summed E-state index contributed by atoms with van der Waals surface area (Å²) in [5.74, 6) is -0.611. The smallest absolute Gasteiger partial charge is 0.282 e. The number of morpholine rings is 1. The average Bonchev–Trinajstić information content (AvgIpc) is 2.87. The van der Waals surface area contributed by atoms with Gasteiger partial charge in [0.1, 0.15) is 0 Å². The zero-order valence-corrected chi connectivity index (χ0v) is 13.5. The van der Waals surface area contributed by atoms with Gasteiger partial charge in [0.05, 0.1) is 18.8 Å². The van der Waals surface area contributed by atoms with E-state index >= 15 is 0 Å². The average molecular weight is 319 g/mol. The monoisotopic (exact) mass is 319 g/mol. The third kappa shape index (κ3) is 3.94. The summed E-state index contributed by atoms with van der Waals surface area (Å²) in [4.78, 5) is 11.3. The minimum atomic E-state index is -3.68. The van der Waals surface area contributed by atoms with E-state index in [1.165, 1.54) is 8.61 Å². The Hall–Kier alpha value is -0.700. The molecule has 1 saturated carbocycles. The second kappa shape index (κ2) is 6.60. The Morgan fingerprint density at radius 2 is 1.76 bits per heavy atom. The van der Waals surface area contributed by atoms with E-state index in [0.29, 0.717) is 13.1 Å². The lowest BCUT2D eigenvalue weighted by Crippen LogP contribution is -2.56. The number of amides is 1. The number of ether oxygens (including phenoxy) is 1. The van der Waals surface area contributed by atoms with Gasteiger partial charge in [-0.3, -0.25) is 4.79 Å². The normalized spacial score (nSPS) is 29.1. The molecule has 21 heavy (non-hydrogen) atoms. The number of rotatable bonds is 5. The van der Waals surface area contributed by atoms with Crippen LogP contribution in [0.5, 0.6) is 0 Å². The molecule has 0 bridgehead atoms. The predicted octanol–water partition coefficient (Wildman–Crippen LogP) is 0.0703. The lowest BCUT2D eigenvalue weighted by atomic mass is 10.2. The molecule has 0 radical (unpaired) electrons. The summed E-state index contributed by atoms with van der Waals surface area (Å²) < 4.78 is 34.1. The summed E-state index contributed by atoms with van der Waals surface area (Å²) in [5.41, 5.74) is 5.25.